The third-order valence-corrected chi connectivity index (χ3v) is 3.46. The molecule has 0 bridgehead atoms. The molecule has 0 saturated carbocycles. The molecule has 0 unspecified atom stereocenters. The van der Waals surface area contributed by atoms with Gasteiger partial charge in [-0.25, -0.2) is 9.97 Å². The van der Waals surface area contributed by atoms with E-state index >= 15 is 0 Å². The molecule has 5 nitrogen and oxygen atoms in total. The van der Waals surface area contributed by atoms with Gasteiger partial charge in [0.15, 0.2) is 0 Å². The van der Waals surface area contributed by atoms with Crippen molar-refractivity contribution in [2.45, 2.75) is 39.0 Å². The third kappa shape index (κ3) is 6.20. The topological polar surface area (TPSA) is 70.1 Å². The first kappa shape index (κ1) is 16.2. The molecule has 1 rings (SSSR count). The van der Waals surface area contributed by atoms with Crippen LogP contribution in [0.2, 0.25) is 0 Å². The van der Waals surface area contributed by atoms with Gasteiger partial charge in [-0.1, -0.05) is 19.8 Å². The van der Waals surface area contributed by atoms with E-state index in [1.165, 1.54) is 0 Å². The highest BCUT2D eigenvalue weighted by atomic mass is 79.9. The van der Waals surface area contributed by atoms with E-state index in [2.05, 4.69) is 43.5 Å². The molecule has 108 valence electrons. The van der Waals surface area contributed by atoms with Crippen LogP contribution in [0.3, 0.4) is 0 Å². The lowest BCUT2D eigenvalue weighted by Crippen LogP contribution is -2.08. The highest BCUT2D eigenvalue weighted by Crippen LogP contribution is 2.26. The summed E-state index contributed by atoms with van der Waals surface area (Å²) in [6, 6.07) is 0. The van der Waals surface area contributed by atoms with Crippen molar-refractivity contribution in [3.63, 3.8) is 0 Å². The number of rotatable bonds is 10. The molecule has 0 atom stereocenters. The lowest BCUT2D eigenvalue weighted by molar-refractivity contribution is 0.283. The van der Waals surface area contributed by atoms with Crippen LogP contribution in [0.15, 0.2) is 10.8 Å². The van der Waals surface area contributed by atoms with Gasteiger partial charge in [-0.3, -0.25) is 0 Å². The Balaban J connectivity index is 2.36. The standard InChI is InChI=1S/C13H23BrN4O/c1-2-7-15-12-11(14)13(18-10-17-12)16-8-5-3-4-6-9-19/h10,19H,2-9H2,1H3,(H2,15,16,17,18). The molecule has 0 amide bonds. The maximum absolute atomic E-state index is 8.69. The summed E-state index contributed by atoms with van der Waals surface area (Å²) in [6.45, 7) is 4.19. The van der Waals surface area contributed by atoms with Crippen LogP contribution >= 0.6 is 15.9 Å². The molecule has 0 aliphatic carbocycles. The van der Waals surface area contributed by atoms with E-state index in [9.17, 15) is 0 Å². The van der Waals surface area contributed by atoms with Gasteiger partial charge in [-0.05, 0) is 35.2 Å². The van der Waals surface area contributed by atoms with Crippen molar-refractivity contribution in [3.8, 4) is 0 Å². The number of hydrogen-bond donors (Lipinski definition) is 3. The van der Waals surface area contributed by atoms with Crippen molar-refractivity contribution in [1.29, 1.82) is 0 Å². The number of aliphatic hydroxyl groups is 1. The van der Waals surface area contributed by atoms with E-state index in [0.29, 0.717) is 0 Å². The number of hydrogen-bond acceptors (Lipinski definition) is 5. The van der Waals surface area contributed by atoms with Crippen molar-refractivity contribution in [3.05, 3.63) is 10.8 Å². The summed E-state index contributed by atoms with van der Waals surface area (Å²) < 4.78 is 0.888. The molecule has 3 N–H and O–H groups in total. The summed E-state index contributed by atoms with van der Waals surface area (Å²) >= 11 is 3.52. The van der Waals surface area contributed by atoms with E-state index in [4.69, 9.17) is 5.11 Å². The van der Waals surface area contributed by atoms with Crippen LogP contribution in [0.25, 0.3) is 0 Å². The van der Waals surface area contributed by atoms with Gasteiger partial charge in [0, 0.05) is 19.7 Å². The van der Waals surface area contributed by atoms with Gasteiger partial charge >= 0.3 is 0 Å². The Morgan fingerprint density at radius 3 is 2.32 bits per heavy atom. The molecule has 1 aromatic heterocycles. The second kappa shape index (κ2) is 9.97. The van der Waals surface area contributed by atoms with Crippen molar-refractivity contribution in [2.24, 2.45) is 0 Å². The van der Waals surface area contributed by atoms with Crippen LogP contribution in [-0.2, 0) is 0 Å². The first-order valence-corrected chi connectivity index (χ1v) is 7.68. The largest absolute Gasteiger partial charge is 0.396 e. The van der Waals surface area contributed by atoms with Crippen LogP contribution in [-0.4, -0.2) is 34.8 Å². The summed E-state index contributed by atoms with van der Waals surface area (Å²) in [6.07, 6.45) is 6.79. The highest BCUT2D eigenvalue weighted by molar-refractivity contribution is 9.10. The Hall–Kier alpha value is -0.880. The third-order valence-electron chi connectivity index (χ3n) is 2.71. The summed E-state index contributed by atoms with van der Waals surface area (Å²) in [5, 5.41) is 15.3. The number of aliphatic hydroxyl groups excluding tert-OH is 1. The Morgan fingerprint density at radius 2 is 1.68 bits per heavy atom. The Labute approximate surface area is 123 Å². The molecule has 0 saturated heterocycles. The summed E-state index contributed by atoms with van der Waals surface area (Å²) in [7, 11) is 0. The Morgan fingerprint density at radius 1 is 1.05 bits per heavy atom. The van der Waals surface area contributed by atoms with Crippen molar-refractivity contribution in [2.75, 3.05) is 30.3 Å². The summed E-state index contributed by atoms with van der Waals surface area (Å²) in [5.74, 6) is 1.66. The predicted octanol–water partition coefficient (Wildman–Crippen LogP) is 3.03. The quantitative estimate of drug-likeness (QED) is 0.575. The van der Waals surface area contributed by atoms with Gasteiger partial charge < -0.3 is 15.7 Å². The molecule has 0 spiro atoms. The minimum absolute atomic E-state index is 0.289. The van der Waals surface area contributed by atoms with Crippen LogP contribution in [0.1, 0.15) is 39.0 Å². The van der Waals surface area contributed by atoms with E-state index < -0.39 is 0 Å². The molecule has 1 aromatic rings. The number of nitrogens with zero attached hydrogens (tertiary/aromatic N) is 2. The second-order valence-electron chi connectivity index (χ2n) is 4.38. The van der Waals surface area contributed by atoms with Gasteiger partial charge in [0.1, 0.15) is 22.4 Å². The molecule has 0 aromatic carbocycles. The number of nitrogens with one attached hydrogen (secondary N) is 2. The molecule has 0 aliphatic rings. The molecule has 19 heavy (non-hydrogen) atoms. The Bertz CT molecular complexity index is 362. The maximum atomic E-state index is 8.69. The van der Waals surface area contributed by atoms with Gasteiger partial charge in [0.05, 0.1) is 0 Å². The van der Waals surface area contributed by atoms with Crippen molar-refractivity contribution >= 4 is 27.6 Å². The Kier molecular flexibility index (Phi) is 8.49. The fourth-order valence-corrected chi connectivity index (χ4v) is 2.14. The zero-order chi connectivity index (χ0) is 13.9. The highest BCUT2D eigenvalue weighted by Gasteiger charge is 2.07. The zero-order valence-corrected chi connectivity index (χ0v) is 13.0. The van der Waals surface area contributed by atoms with Crippen molar-refractivity contribution in [1.82, 2.24) is 9.97 Å². The zero-order valence-electron chi connectivity index (χ0n) is 11.5. The lowest BCUT2D eigenvalue weighted by atomic mass is 10.2. The van der Waals surface area contributed by atoms with Gasteiger partial charge in [-0.15, -0.1) is 0 Å². The van der Waals surface area contributed by atoms with E-state index in [-0.39, 0.29) is 6.61 Å². The average molecular weight is 331 g/mol. The first-order chi connectivity index (χ1) is 9.29. The number of halogens is 1. The number of unbranched alkanes of at least 4 members (excludes halogenated alkanes) is 3. The molecule has 0 aliphatic heterocycles. The molecular formula is C13H23BrN4O. The first-order valence-electron chi connectivity index (χ1n) is 6.88. The average Bonchev–Trinajstić information content (AvgIpc) is 2.43. The number of aromatic nitrogens is 2. The van der Waals surface area contributed by atoms with Gasteiger partial charge in [-0.2, -0.15) is 0 Å². The van der Waals surface area contributed by atoms with Crippen LogP contribution in [0.4, 0.5) is 11.6 Å². The smallest absolute Gasteiger partial charge is 0.145 e. The van der Waals surface area contributed by atoms with Gasteiger partial charge in [0.25, 0.3) is 0 Å². The van der Waals surface area contributed by atoms with E-state index in [1.54, 1.807) is 6.33 Å². The fraction of sp³-hybridized carbons (Fsp3) is 0.692. The molecule has 1 heterocycles. The molecule has 6 heteroatoms. The van der Waals surface area contributed by atoms with Crippen LogP contribution in [0.5, 0.6) is 0 Å². The molecule has 0 radical (unpaired) electrons. The normalized spacial score (nSPS) is 10.5. The SMILES string of the molecule is CCCNc1ncnc(NCCCCCCO)c1Br. The molecule has 0 fully saturated rings. The fourth-order valence-electron chi connectivity index (χ4n) is 1.66. The predicted molar refractivity (Wildman–Crippen MR) is 82.6 cm³/mol. The van der Waals surface area contributed by atoms with Crippen LogP contribution in [0, 0.1) is 0 Å². The van der Waals surface area contributed by atoms with E-state index in [0.717, 1.165) is 61.3 Å². The maximum Gasteiger partial charge on any atom is 0.145 e. The summed E-state index contributed by atoms with van der Waals surface area (Å²) in [4.78, 5) is 8.44. The van der Waals surface area contributed by atoms with Gasteiger partial charge in [0.2, 0.25) is 0 Å². The lowest BCUT2D eigenvalue weighted by Gasteiger charge is -2.11. The summed E-state index contributed by atoms with van der Waals surface area (Å²) in [5.41, 5.74) is 0. The second-order valence-corrected chi connectivity index (χ2v) is 5.17. The van der Waals surface area contributed by atoms with E-state index in [1.807, 2.05) is 0 Å². The van der Waals surface area contributed by atoms with Crippen LogP contribution < -0.4 is 10.6 Å². The molecular weight excluding hydrogens is 308 g/mol. The number of anilines is 2. The monoisotopic (exact) mass is 330 g/mol. The minimum Gasteiger partial charge on any atom is -0.396 e. The van der Waals surface area contributed by atoms with Crippen molar-refractivity contribution < 1.29 is 5.11 Å². The minimum atomic E-state index is 0.289.